The zero-order valence-corrected chi connectivity index (χ0v) is 13.0. The Morgan fingerprint density at radius 3 is 2.71 bits per heavy atom. The molecular weight excluding hydrogens is 302 g/mol. The number of rotatable bonds is 4. The normalized spacial score (nSPS) is 11.2. The maximum atomic E-state index is 8.81. The van der Waals surface area contributed by atoms with Gasteiger partial charge in [0.15, 0.2) is 5.84 Å². The smallest absolute Gasteiger partial charge is 0.201 e. The zero-order valence-electron chi connectivity index (χ0n) is 13.0. The summed E-state index contributed by atoms with van der Waals surface area (Å²) < 4.78 is 1.99. The van der Waals surface area contributed by atoms with E-state index in [4.69, 9.17) is 16.4 Å². The van der Waals surface area contributed by atoms with Crippen molar-refractivity contribution in [1.29, 1.82) is 10.7 Å². The van der Waals surface area contributed by atoms with Crippen LogP contribution in [0.3, 0.4) is 0 Å². The van der Waals surface area contributed by atoms with Crippen molar-refractivity contribution >= 4 is 22.9 Å². The number of pyridine rings is 1. The standard InChI is InChI=1S/C17H15N7/c1-11-3-2-8-24-10-15(21-17(11)24)12-4-6-13(7-5-12)22-23-14(9-18)16(19)20/h2-8,10,22H,1H3,(H3,19,20)/b23-14+. The van der Waals surface area contributed by atoms with E-state index in [1.54, 1.807) is 6.07 Å². The lowest BCUT2D eigenvalue weighted by Crippen LogP contribution is -2.21. The molecule has 0 atom stereocenters. The molecular formula is C17H15N7. The largest absolute Gasteiger partial charge is 0.382 e. The molecule has 0 aliphatic heterocycles. The first-order valence-corrected chi connectivity index (χ1v) is 7.21. The number of hydrogen-bond donors (Lipinski definition) is 3. The third-order valence-electron chi connectivity index (χ3n) is 3.52. The lowest BCUT2D eigenvalue weighted by molar-refractivity contribution is 1.16. The molecule has 3 rings (SSSR count). The molecule has 2 heterocycles. The molecule has 0 saturated heterocycles. The van der Waals surface area contributed by atoms with Gasteiger partial charge in [-0.3, -0.25) is 10.8 Å². The van der Waals surface area contributed by atoms with Gasteiger partial charge in [-0.05, 0) is 30.7 Å². The molecule has 2 aromatic heterocycles. The van der Waals surface area contributed by atoms with Crippen LogP contribution in [0.2, 0.25) is 0 Å². The Labute approximate surface area is 138 Å². The number of nitrogens with two attached hydrogens (primary N) is 1. The van der Waals surface area contributed by atoms with Crippen molar-refractivity contribution in [3.05, 3.63) is 54.4 Å². The van der Waals surface area contributed by atoms with E-state index < -0.39 is 0 Å². The number of nitrogens with zero attached hydrogens (tertiary/aromatic N) is 4. The maximum absolute atomic E-state index is 8.81. The van der Waals surface area contributed by atoms with Gasteiger partial charge in [0, 0.05) is 18.0 Å². The van der Waals surface area contributed by atoms with Crippen LogP contribution in [0.1, 0.15) is 5.56 Å². The summed E-state index contributed by atoms with van der Waals surface area (Å²) in [6.07, 6.45) is 3.95. The summed E-state index contributed by atoms with van der Waals surface area (Å²) in [5.74, 6) is -0.373. The maximum Gasteiger partial charge on any atom is 0.201 e. The van der Waals surface area contributed by atoms with Crippen molar-refractivity contribution in [2.24, 2.45) is 10.8 Å². The molecule has 0 saturated carbocycles. The number of aromatic nitrogens is 2. The van der Waals surface area contributed by atoms with Crippen molar-refractivity contribution in [1.82, 2.24) is 9.38 Å². The highest BCUT2D eigenvalue weighted by molar-refractivity contribution is 6.45. The average Bonchev–Trinajstić information content (AvgIpc) is 3.01. The van der Waals surface area contributed by atoms with Gasteiger partial charge in [0.2, 0.25) is 5.71 Å². The van der Waals surface area contributed by atoms with Crippen LogP contribution in [0, 0.1) is 23.7 Å². The number of amidine groups is 1. The van der Waals surface area contributed by atoms with E-state index in [-0.39, 0.29) is 11.5 Å². The third-order valence-corrected chi connectivity index (χ3v) is 3.52. The van der Waals surface area contributed by atoms with Gasteiger partial charge in [0.25, 0.3) is 0 Å². The van der Waals surface area contributed by atoms with Crippen LogP contribution in [-0.4, -0.2) is 20.9 Å². The Bertz CT molecular complexity index is 974. The summed E-state index contributed by atoms with van der Waals surface area (Å²) in [5, 5.41) is 19.8. The van der Waals surface area contributed by atoms with Crippen LogP contribution in [0.15, 0.2) is 53.9 Å². The number of imidazole rings is 1. The minimum Gasteiger partial charge on any atom is -0.382 e. The fourth-order valence-electron chi connectivity index (χ4n) is 2.27. The van der Waals surface area contributed by atoms with Gasteiger partial charge in [0.05, 0.1) is 11.4 Å². The minimum absolute atomic E-state index is 0.157. The lowest BCUT2D eigenvalue weighted by Gasteiger charge is -2.02. The summed E-state index contributed by atoms with van der Waals surface area (Å²) in [6, 6.07) is 13.2. The second kappa shape index (κ2) is 6.22. The number of nitrogens with one attached hydrogen (secondary N) is 2. The predicted octanol–water partition coefficient (Wildman–Crippen LogP) is 2.54. The molecule has 0 spiro atoms. The van der Waals surface area contributed by atoms with Gasteiger partial charge in [-0.1, -0.05) is 18.2 Å². The third kappa shape index (κ3) is 2.94. The SMILES string of the molecule is Cc1cccn2cc(-c3ccc(N/N=C(\C#N)C(=N)N)cc3)nc12. The van der Waals surface area contributed by atoms with Crippen molar-refractivity contribution in [2.75, 3.05) is 5.43 Å². The van der Waals surface area contributed by atoms with Crippen LogP contribution in [-0.2, 0) is 0 Å². The van der Waals surface area contributed by atoms with E-state index in [0.717, 1.165) is 22.5 Å². The van der Waals surface area contributed by atoms with E-state index >= 15 is 0 Å². The van der Waals surface area contributed by atoms with Crippen LogP contribution < -0.4 is 11.2 Å². The quantitative estimate of drug-likeness (QED) is 0.389. The number of hydrogen-bond acceptors (Lipinski definition) is 5. The van der Waals surface area contributed by atoms with E-state index in [9.17, 15) is 0 Å². The minimum atomic E-state index is -0.373. The molecule has 0 aliphatic carbocycles. The Balaban J connectivity index is 1.85. The molecule has 0 fully saturated rings. The first-order chi connectivity index (χ1) is 11.6. The highest BCUT2D eigenvalue weighted by Crippen LogP contribution is 2.22. The van der Waals surface area contributed by atoms with E-state index in [0.29, 0.717) is 5.69 Å². The molecule has 3 aromatic rings. The van der Waals surface area contributed by atoms with Gasteiger partial charge in [-0.25, -0.2) is 4.98 Å². The second-order valence-electron chi connectivity index (χ2n) is 5.22. The lowest BCUT2D eigenvalue weighted by atomic mass is 10.1. The number of anilines is 1. The van der Waals surface area contributed by atoms with Gasteiger partial charge < -0.3 is 10.1 Å². The first kappa shape index (κ1) is 15.2. The topological polar surface area (TPSA) is 115 Å². The van der Waals surface area contributed by atoms with Crippen molar-refractivity contribution in [2.45, 2.75) is 6.92 Å². The summed E-state index contributed by atoms with van der Waals surface area (Å²) in [4.78, 5) is 4.65. The number of hydrazone groups is 1. The van der Waals surface area contributed by atoms with Crippen molar-refractivity contribution in [3.63, 3.8) is 0 Å². The van der Waals surface area contributed by atoms with Crippen LogP contribution in [0.5, 0.6) is 0 Å². The fraction of sp³-hybridized carbons (Fsp3) is 0.0588. The van der Waals surface area contributed by atoms with E-state index in [1.165, 1.54) is 0 Å². The summed E-state index contributed by atoms with van der Waals surface area (Å²) in [6.45, 7) is 2.03. The molecule has 0 unspecified atom stereocenters. The van der Waals surface area contributed by atoms with Crippen molar-refractivity contribution in [3.8, 4) is 17.3 Å². The molecule has 7 heteroatoms. The molecule has 0 radical (unpaired) electrons. The van der Waals surface area contributed by atoms with E-state index in [2.05, 4.69) is 15.5 Å². The molecule has 0 aliphatic rings. The molecule has 0 amide bonds. The summed E-state index contributed by atoms with van der Waals surface area (Å²) in [5.41, 5.74) is 12.4. The average molecular weight is 317 g/mol. The Morgan fingerprint density at radius 2 is 2.08 bits per heavy atom. The number of benzene rings is 1. The van der Waals surface area contributed by atoms with Crippen LogP contribution in [0.4, 0.5) is 5.69 Å². The molecule has 7 nitrogen and oxygen atoms in total. The zero-order chi connectivity index (χ0) is 17.1. The second-order valence-corrected chi connectivity index (χ2v) is 5.22. The fourth-order valence-corrected chi connectivity index (χ4v) is 2.27. The number of aryl methyl sites for hydroxylation is 1. The van der Waals surface area contributed by atoms with Crippen LogP contribution >= 0.6 is 0 Å². The molecule has 118 valence electrons. The Kier molecular flexibility index (Phi) is 3.95. The molecule has 4 N–H and O–H groups in total. The van der Waals surface area contributed by atoms with Gasteiger partial charge >= 0.3 is 0 Å². The van der Waals surface area contributed by atoms with Gasteiger partial charge in [0.1, 0.15) is 11.7 Å². The molecule has 1 aromatic carbocycles. The van der Waals surface area contributed by atoms with Gasteiger partial charge in [-0.15, -0.1) is 0 Å². The number of nitriles is 1. The highest BCUT2D eigenvalue weighted by Gasteiger charge is 2.06. The van der Waals surface area contributed by atoms with E-state index in [1.807, 2.05) is 60.1 Å². The molecule has 24 heavy (non-hydrogen) atoms. The summed E-state index contributed by atoms with van der Waals surface area (Å²) >= 11 is 0. The number of fused-ring (bicyclic) bond motifs is 1. The monoisotopic (exact) mass is 317 g/mol. The highest BCUT2D eigenvalue weighted by atomic mass is 15.3. The van der Waals surface area contributed by atoms with Crippen molar-refractivity contribution < 1.29 is 0 Å². The predicted molar refractivity (Wildman–Crippen MR) is 93.9 cm³/mol. The Hall–Kier alpha value is -3.66. The Morgan fingerprint density at radius 1 is 1.33 bits per heavy atom. The molecule has 0 bridgehead atoms. The van der Waals surface area contributed by atoms with Crippen LogP contribution in [0.25, 0.3) is 16.9 Å². The van der Waals surface area contributed by atoms with Gasteiger partial charge in [-0.2, -0.15) is 10.4 Å². The first-order valence-electron chi connectivity index (χ1n) is 7.21. The summed E-state index contributed by atoms with van der Waals surface area (Å²) in [7, 11) is 0.